The van der Waals surface area contributed by atoms with Gasteiger partial charge >= 0.3 is 0 Å². The molecule has 0 aliphatic heterocycles. The molecule has 4 heteroatoms. The largest absolute Gasteiger partial charge is 0.393 e. The quantitative estimate of drug-likeness (QED) is 0.522. The molecule has 0 unspecified atom stereocenters. The molecular formula is C26H44O4. The van der Waals surface area contributed by atoms with E-state index in [0.29, 0.717) is 42.4 Å². The number of aliphatic hydroxyl groups is 4. The third-order valence-corrected chi connectivity index (χ3v) is 10.4. The summed E-state index contributed by atoms with van der Waals surface area (Å²) in [6.07, 6.45) is 7.95. The van der Waals surface area contributed by atoms with Gasteiger partial charge in [-0.1, -0.05) is 46.8 Å². The molecule has 0 aromatic heterocycles. The standard InChI is InChI=1S/C26H44O4/c1-15(2)6-7-16(3)19-8-9-20-18-13-23(29)26(30)14-17(27)12-22(28)25(26,5)21(18)10-11-24(19,20)4/h6-7,15-23,27-30H,8-14H2,1-5H3/b7-6+/t16-,17+,18+,19-,20+,21+,22-,23-,24-,25+,26+/m1/s1. The lowest BCUT2D eigenvalue weighted by Crippen LogP contribution is -2.72. The molecule has 0 aromatic carbocycles. The van der Waals surface area contributed by atoms with Crippen molar-refractivity contribution in [3.05, 3.63) is 12.2 Å². The van der Waals surface area contributed by atoms with Gasteiger partial charge in [-0.3, -0.25) is 0 Å². The van der Waals surface area contributed by atoms with Crippen LogP contribution in [0.2, 0.25) is 0 Å². The van der Waals surface area contributed by atoms with Crippen LogP contribution in [-0.4, -0.2) is 44.3 Å². The highest BCUT2D eigenvalue weighted by Gasteiger charge is 2.70. The first-order valence-corrected chi connectivity index (χ1v) is 12.4. The normalized spacial score (nSPS) is 54.7. The number of hydrogen-bond donors (Lipinski definition) is 4. The molecule has 0 bridgehead atoms. The lowest BCUT2D eigenvalue weighted by atomic mass is 9.41. The van der Waals surface area contributed by atoms with Gasteiger partial charge in [0.2, 0.25) is 0 Å². The Morgan fingerprint density at radius 1 is 0.867 bits per heavy atom. The molecule has 4 fully saturated rings. The SMILES string of the molecule is CC(C)/C=C/[C@@H](C)[C@H]1CC[C@H]2[C@@H]3C[C@@H](O)[C@@]4(O)C[C@@H](O)C[C@@H](O)[C@]4(C)[C@H]3CC[C@]12C. The predicted octanol–water partition coefficient (Wildman–Crippen LogP) is 3.91. The molecule has 0 saturated heterocycles. The Morgan fingerprint density at radius 2 is 1.57 bits per heavy atom. The van der Waals surface area contributed by atoms with E-state index in [-0.39, 0.29) is 17.8 Å². The molecule has 0 spiro atoms. The van der Waals surface area contributed by atoms with Gasteiger partial charge in [-0.2, -0.15) is 0 Å². The molecule has 4 N–H and O–H groups in total. The minimum atomic E-state index is -1.40. The summed E-state index contributed by atoms with van der Waals surface area (Å²) < 4.78 is 0. The maximum Gasteiger partial charge on any atom is 0.101 e. The van der Waals surface area contributed by atoms with Crippen LogP contribution in [0.1, 0.15) is 79.6 Å². The summed E-state index contributed by atoms with van der Waals surface area (Å²) in [5.41, 5.74) is -1.89. The third kappa shape index (κ3) is 3.08. The zero-order valence-electron chi connectivity index (χ0n) is 19.6. The lowest BCUT2D eigenvalue weighted by molar-refractivity contribution is -0.294. The molecule has 0 aromatic rings. The van der Waals surface area contributed by atoms with Gasteiger partial charge in [0.15, 0.2) is 0 Å². The van der Waals surface area contributed by atoms with Crippen molar-refractivity contribution in [1.29, 1.82) is 0 Å². The van der Waals surface area contributed by atoms with E-state index in [1.165, 1.54) is 12.8 Å². The van der Waals surface area contributed by atoms with Crippen LogP contribution >= 0.6 is 0 Å². The van der Waals surface area contributed by atoms with Crippen LogP contribution in [0.3, 0.4) is 0 Å². The van der Waals surface area contributed by atoms with E-state index < -0.39 is 29.3 Å². The molecule has 0 radical (unpaired) electrons. The molecule has 4 aliphatic carbocycles. The maximum absolute atomic E-state index is 11.6. The fourth-order valence-corrected chi connectivity index (χ4v) is 8.77. The Bertz CT molecular complexity index is 676. The van der Waals surface area contributed by atoms with Gasteiger partial charge in [0.05, 0.1) is 18.3 Å². The Kier molecular flexibility index (Phi) is 5.75. The molecule has 172 valence electrons. The first-order valence-electron chi connectivity index (χ1n) is 12.4. The van der Waals surface area contributed by atoms with Crippen molar-refractivity contribution in [2.75, 3.05) is 0 Å². The van der Waals surface area contributed by atoms with E-state index in [0.717, 1.165) is 12.8 Å². The Morgan fingerprint density at radius 3 is 2.23 bits per heavy atom. The van der Waals surface area contributed by atoms with Crippen LogP contribution in [0, 0.1) is 46.3 Å². The molecule has 30 heavy (non-hydrogen) atoms. The van der Waals surface area contributed by atoms with Crippen LogP contribution in [0.4, 0.5) is 0 Å². The van der Waals surface area contributed by atoms with E-state index >= 15 is 0 Å². The van der Waals surface area contributed by atoms with Gasteiger partial charge in [0, 0.05) is 11.8 Å². The van der Waals surface area contributed by atoms with Crippen LogP contribution in [0.15, 0.2) is 12.2 Å². The summed E-state index contributed by atoms with van der Waals surface area (Å²) in [7, 11) is 0. The van der Waals surface area contributed by atoms with Gasteiger partial charge in [-0.05, 0) is 79.4 Å². The molecule has 4 rings (SSSR count). The van der Waals surface area contributed by atoms with E-state index in [9.17, 15) is 20.4 Å². The fourth-order valence-electron chi connectivity index (χ4n) is 8.77. The summed E-state index contributed by atoms with van der Waals surface area (Å²) in [6.45, 7) is 11.3. The monoisotopic (exact) mass is 420 g/mol. The Balaban J connectivity index is 1.64. The average molecular weight is 421 g/mol. The molecule has 4 aliphatic rings. The summed E-state index contributed by atoms with van der Waals surface area (Å²) in [5.74, 6) is 2.85. The highest BCUT2D eigenvalue weighted by atomic mass is 16.4. The van der Waals surface area contributed by atoms with Gasteiger partial charge in [0.1, 0.15) is 5.60 Å². The zero-order valence-corrected chi connectivity index (χ0v) is 19.6. The molecule has 4 saturated carbocycles. The predicted molar refractivity (Wildman–Crippen MR) is 119 cm³/mol. The average Bonchev–Trinajstić information content (AvgIpc) is 3.01. The number of hydrogen-bond acceptors (Lipinski definition) is 4. The van der Waals surface area contributed by atoms with E-state index in [2.05, 4.69) is 39.8 Å². The van der Waals surface area contributed by atoms with Crippen LogP contribution in [0.25, 0.3) is 0 Å². The molecular weight excluding hydrogens is 376 g/mol. The van der Waals surface area contributed by atoms with Crippen molar-refractivity contribution in [2.24, 2.45) is 46.3 Å². The second-order valence-corrected chi connectivity index (χ2v) is 12.2. The minimum Gasteiger partial charge on any atom is -0.393 e. The summed E-state index contributed by atoms with van der Waals surface area (Å²) in [4.78, 5) is 0. The van der Waals surface area contributed by atoms with Crippen LogP contribution in [-0.2, 0) is 0 Å². The maximum atomic E-state index is 11.6. The van der Waals surface area contributed by atoms with Crippen molar-refractivity contribution in [3.8, 4) is 0 Å². The molecule has 0 heterocycles. The van der Waals surface area contributed by atoms with E-state index in [1.807, 2.05) is 6.92 Å². The highest BCUT2D eigenvalue weighted by Crippen LogP contribution is 2.69. The fraction of sp³-hybridized carbons (Fsp3) is 0.923. The van der Waals surface area contributed by atoms with Gasteiger partial charge in [0.25, 0.3) is 0 Å². The third-order valence-electron chi connectivity index (χ3n) is 10.4. The second-order valence-electron chi connectivity index (χ2n) is 12.2. The van der Waals surface area contributed by atoms with Gasteiger partial charge < -0.3 is 20.4 Å². The van der Waals surface area contributed by atoms with Crippen molar-refractivity contribution < 1.29 is 20.4 Å². The molecule has 11 atom stereocenters. The van der Waals surface area contributed by atoms with Gasteiger partial charge in [-0.15, -0.1) is 0 Å². The molecule has 0 amide bonds. The van der Waals surface area contributed by atoms with E-state index in [1.54, 1.807) is 0 Å². The van der Waals surface area contributed by atoms with E-state index in [4.69, 9.17) is 0 Å². The summed E-state index contributed by atoms with van der Waals surface area (Å²) in [5, 5.41) is 44.1. The summed E-state index contributed by atoms with van der Waals surface area (Å²) >= 11 is 0. The van der Waals surface area contributed by atoms with Crippen LogP contribution in [0.5, 0.6) is 0 Å². The number of aliphatic hydroxyl groups excluding tert-OH is 3. The smallest absolute Gasteiger partial charge is 0.101 e. The number of allylic oxidation sites excluding steroid dienone is 2. The minimum absolute atomic E-state index is 0.173. The number of fused-ring (bicyclic) bond motifs is 5. The summed E-state index contributed by atoms with van der Waals surface area (Å²) in [6, 6.07) is 0. The highest BCUT2D eigenvalue weighted by molar-refractivity contribution is 5.19. The van der Waals surface area contributed by atoms with Crippen molar-refractivity contribution >= 4 is 0 Å². The van der Waals surface area contributed by atoms with Crippen LogP contribution < -0.4 is 0 Å². The lowest BCUT2D eigenvalue weighted by Gasteiger charge is -2.66. The molecule has 4 nitrogen and oxygen atoms in total. The Labute approximate surface area is 182 Å². The van der Waals surface area contributed by atoms with Gasteiger partial charge in [-0.25, -0.2) is 0 Å². The first-order chi connectivity index (χ1) is 13.9. The van der Waals surface area contributed by atoms with Crippen molar-refractivity contribution in [3.63, 3.8) is 0 Å². The number of rotatable bonds is 3. The Hall–Kier alpha value is -0.420. The van der Waals surface area contributed by atoms with Crippen molar-refractivity contribution in [1.82, 2.24) is 0 Å². The topological polar surface area (TPSA) is 80.9 Å². The first kappa shape index (κ1) is 22.8. The van der Waals surface area contributed by atoms with Crippen molar-refractivity contribution in [2.45, 2.75) is 103 Å². The zero-order chi connectivity index (χ0) is 22.1. The second kappa shape index (κ2) is 7.57.